The maximum Gasteiger partial charge on any atom is 0.315 e. The van der Waals surface area contributed by atoms with Crippen LogP contribution in [0.3, 0.4) is 0 Å². The highest BCUT2D eigenvalue weighted by Crippen LogP contribution is 2.40. The van der Waals surface area contributed by atoms with Gasteiger partial charge in [0.15, 0.2) is 0 Å². The second-order valence-electron chi connectivity index (χ2n) is 6.55. The van der Waals surface area contributed by atoms with Crippen LogP contribution >= 0.6 is 0 Å². The Morgan fingerprint density at radius 3 is 2.75 bits per heavy atom. The first-order chi connectivity index (χ1) is 11.7. The van der Waals surface area contributed by atoms with Crippen molar-refractivity contribution in [3.63, 3.8) is 0 Å². The van der Waals surface area contributed by atoms with E-state index in [-0.39, 0.29) is 25.3 Å². The van der Waals surface area contributed by atoms with Crippen LogP contribution < -0.4 is 10.6 Å². The molecule has 0 spiro atoms. The minimum absolute atomic E-state index is 0.0182. The van der Waals surface area contributed by atoms with Gasteiger partial charge in [0.05, 0.1) is 18.8 Å². The molecule has 1 saturated carbocycles. The molecule has 1 aliphatic heterocycles. The van der Waals surface area contributed by atoms with Crippen LogP contribution in [0.25, 0.3) is 0 Å². The first-order valence-corrected chi connectivity index (χ1v) is 8.64. The van der Waals surface area contributed by atoms with Crippen LogP contribution in [0.2, 0.25) is 0 Å². The lowest BCUT2D eigenvalue weighted by Gasteiger charge is -2.37. The molecule has 0 bridgehead atoms. The zero-order chi connectivity index (χ0) is 16.8. The van der Waals surface area contributed by atoms with Gasteiger partial charge in [0, 0.05) is 44.6 Å². The van der Waals surface area contributed by atoms with Gasteiger partial charge in [0.1, 0.15) is 0 Å². The first-order valence-electron chi connectivity index (χ1n) is 8.64. The molecular formula is C18H26N2O4. The third-order valence-electron chi connectivity index (χ3n) is 4.81. The van der Waals surface area contributed by atoms with Gasteiger partial charge in [-0.3, -0.25) is 0 Å². The van der Waals surface area contributed by atoms with Gasteiger partial charge in [-0.2, -0.15) is 0 Å². The minimum atomic E-state index is -0.430. The number of carbonyl (C=O) groups excluding carboxylic acids is 1. The molecule has 2 aliphatic rings. The molecule has 6 nitrogen and oxygen atoms in total. The van der Waals surface area contributed by atoms with E-state index in [0.29, 0.717) is 25.7 Å². The molecular weight excluding hydrogens is 308 g/mol. The van der Waals surface area contributed by atoms with E-state index in [0.717, 1.165) is 19.3 Å². The van der Waals surface area contributed by atoms with Crippen molar-refractivity contribution in [2.24, 2.45) is 0 Å². The highest BCUT2D eigenvalue weighted by atomic mass is 16.5. The van der Waals surface area contributed by atoms with Gasteiger partial charge < -0.3 is 25.2 Å². The van der Waals surface area contributed by atoms with Crippen LogP contribution in [0, 0.1) is 0 Å². The van der Waals surface area contributed by atoms with Crippen molar-refractivity contribution in [3.8, 4) is 0 Å². The van der Waals surface area contributed by atoms with Crippen LogP contribution in [0.5, 0.6) is 0 Å². The summed E-state index contributed by atoms with van der Waals surface area (Å²) in [5.41, 5.74) is 0.843. The van der Waals surface area contributed by atoms with Crippen LogP contribution in [0.4, 0.5) is 4.79 Å². The molecule has 24 heavy (non-hydrogen) atoms. The van der Waals surface area contributed by atoms with Gasteiger partial charge >= 0.3 is 6.03 Å². The normalized spacial score (nSPS) is 25.0. The smallest absolute Gasteiger partial charge is 0.315 e. The van der Waals surface area contributed by atoms with Crippen molar-refractivity contribution < 1.29 is 19.4 Å². The Kier molecular flexibility index (Phi) is 5.71. The summed E-state index contributed by atoms with van der Waals surface area (Å²) in [6, 6.07) is 10.3. The Morgan fingerprint density at radius 2 is 2.04 bits per heavy atom. The second-order valence-corrected chi connectivity index (χ2v) is 6.55. The maximum absolute atomic E-state index is 12.2. The quantitative estimate of drug-likeness (QED) is 0.704. The topological polar surface area (TPSA) is 79.8 Å². The Morgan fingerprint density at radius 1 is 1.29 bits per heavy atom. The number of urea groups is 1. The number of aliphatic hydroxyl groups is 1. The predicted molar refractivity (Wildman–Crippen MR) is 89.9 cm³/mol. The third kappa shape index (κ3) is 4.47. The van der Waals surface area contributed by atoms with Crippen LogP contribution in [-0.4, -0.2) is 55.8 Å². The standard InChI is InChI=1S/C18H26N2O4/c21-8-11-24-18(6-9-23-10-7-18)13-19-17(22)20-16-12-15(16)14-4-2-1-3-5-14/h1-5,15-16,21H,6-13H2,(H2,19,20,22)/t15-,16+/m0/s1. The molecule has 1 aromatic rings. The van der Waals surface area contributed by atoms with Gasteiger partial charge in [-0.15, -0.1) is 0 Å². The lowest BCUT2D eigenvalue weighted by molar-refractivity contribution is -0.114. The highest BCUT2D eigenvalue weighted by molar-refractivity contribution is 5.75. The molecule has 1 aliphatic carbocycles. The van der Waals surface area contributed by atoms with Crippen molar-refractivity contribution in [3.05, 3.63) is 35.9 Å². The first kappa shape index (κ1) is 17.2. The Labute approximate surface area is 142 Å². The number of ether oxygens (including phenoxy) is 2. The van der Waals surface area contributed by atoms with Gasteiger partial charge in [-0.1, -0.05) is 30.3 Å². The van der Waals surface area contributed by atoms with E-state index in [1.54, 1.807) is 0 Å². The van der Waals surface area contributed by atoms with E-state index in [1.165, 1.54) is 5.56 Å². The molecule has 2 fully saturated rings. The molecule has 0 aromatic heterocycles. The highest BCUT2D eigenvalue weighted by Gasteiger charge is 2.40. The molecule has 1 heterocycles. The molecule has 6 heteroatoms. The average Bonchev–Trinajstić information content (AvgIpc) is 3.39. The monoisotopic (exact) mass is 334 g/mol. The summed E-state index contributed by atoms with van der Waals surface area (Å²) in [6.45, 7) is 1.93. The molecule has 2 amide bonds. The number of aliphatic hydroxyl groups excluding tert-OH is 1. The fourth-order valence-electron chi connectivity index (χ4n) is 3.26. The summed E-state index contributed by atoms with van der Waals surface area (Å²) in [5, 5.41) is 15.0. The molecule has 1 aromatic carbocycles. The predicted octanol–water partition coefficient (Wildman–Crippen LogP) is 1.40. The summed E-state index contributed by atoms with van der Waals surface area (Å²) < 4.78 is 11.2. The van der Waals surface area contributed by atoms with E-state index >= 15 is 0 Å². The Balaban J connectivity index is 1.45. The number of rotatable bonds is 7. The number of amides is 2. The molecule has 3 rings (SSSR count). The van der Waals surface area contributed by atoms with Gasteiger partial charge in [-0.05, 0) is 12.0 Å². The maximum atomic E-state index is 12.2. The van der Waals surface area contributed by atoms with E-state index in [1.807, 2.05) is 18.2 Å². The van der Waals surface area contributed by atoms with Crippen LogP contribution in [-0.2, 0) is 9.47 Å². The van der Waals surface area contributed by atoms with Crippen LogP contribution in [0.15, 0.2) is 30.3 Å². The third-order valence-corrected chi connectivity index (χ3v) is 4.81. The zero-order valence-corrected chi connectivity index (χ0v) is 13.9. The van der Waals surface area contributed by atoms with Crippen molar-refractivity contribution in [1.82, 2.24) is 10.6 Å². The molecule has 1 saturated heterocycles. The summed E-state index contributed by atoms with van der Waals surface area (Å²) in [6.07, 6.45) is 2.43. The SMILES string of the molecule is O=C(NCC1(OCCO)CCOCC1)N[C@@H]1C[C@H]1c1ccccc1. The largest absolute Gasteiger partial charge is 0.394 e. The Hall–Kier alpha value is -1.63. The molecule has 132 valence electrons. The summed E-state index contributed by atoms with van der Waals surface area (Å²) in [5.74, 6) is 0.416. The lowest BCUT2D eigenvalue weighted by atomic mass is 9.94. The average molecular weight is 334 g/mol. The lowest BCUT2D eigenvalue weighted by Crippen LogP contribution is -2.51. The number of hydrogen-bond donors (Lipinski definition) is 3. The Bertz CT molecular complexity index is 531. The van der Waals surface area contributed by atoms with E-state index in [2.05, 4.69) is 22.8 Å². The summed E-state index contributed by atoms with van der Waals surface area (Å²) in [4.78, 5) is 12.2. The fourth-order valence-corrected chi connectivity index (χ4v) is 3.26. The van der Waals surface area contributed by atoms with E-state index in [9.17, 15) is 4.79 Å². The molecule has 2 atom stereocenters. The summed E-state index contributed by atoms with van der Waals surface area (Å²) in [7, 11) is 0. The van der Waals surface area contributed by atoms with Gasteiger partial charge in [0.25, 0.3) is 0 Å². The molecule has 0 radical (unpaired) electrons. The summed E-state index contributed by atoms with van der Waals surface area (Å²) >= 11 is 0. The number of hydrogen-bond acceptors (Lipinski definition) is 4. The van der Waals surface area contributed by atoms with Gasteiger partial charge in [0.2, 0.25) is 0 Å². The minimum Gasteiger partial charge on any atom is -0.394 e. The van der Waals surface area contributed by atoms with Crippen molar-refractivity contribution >= 4 is 6.03 Å². The van der Waals surface area contributed by atoms with Crippen molar-refractivity contribution in [2.75, 3.05) is 33.0 Å². The second kappa shape index (κ2) is 7.96. The van der Waals surface area contributed by atoms with Crippen molar-refractivity contribution in [1.29, 1.82) is 0 Å². The van der Waals surface area contributed by atoms with Crippen LogP contribution in [0.1, 0.15) is 30.7 Å². The number of benzene rings is 1. The van der Waals surface area contributed by atoms with E-state index in [4.69, 9.17) is 14.6 Å². The number of carbonyl (C=O) groups is 1. The van der Waals surface area contributed by atoms with E-state index < -0.39 is 5.60 Å². The molecule has 0 unspecified atom stereocenters. The van der Waals surface area contributed by atoms with Crippen molar-refractivity contribution in [2.45, 2.75) is 36.8 Å². The zero-order valence-electron chi connectivity index (χ0n) is 13.9. The fraction of sp³-hybridized carbons (Fsp3) is 0.611. The van der Waals surface area contributed by atoms with Gasteiger partial charge in [-0.25, -0.2) is 4.79 Å². The number of nitrogens with one attached hydrogen (secondary N) is 2. The molecule has 3 N–H and O–H groups in total.